The van der Waals surface area contributed by atoms with Gasteiger partial charge in [-0.25, -0.2) is 0 Å². The Hall–Kier alpha value is -0.910. The molecular formula is C19H29BrN2O2. The van der Waals surface area contributed by atoms with Crippen molar-refractivity contribution in [2.45, 2.75) is 45.6 Å². The molecule has 1 amide bonds. The van der Waals surface area contributed by atoms with E-state index in [-0.39, 0.29) is 12.0 Å². The van der Waals surface area contributed by atoms with Gasteiger partial charge in [-0.15, -0.1) is 0 Å². The highest BCUT2D eigenvalue weighted by Crippen LogP contribution is 2.23. The first-order valence-electron chi connectivity index (χ1n) is 9.04. The van der Waals surface area contributed by atoms with E-state index in [1.165, 1.54) is 0 Å². The van der Waals surface area contributed by atoms with Crippen molar-refractivity contribution >= 4 is 27.5 Å². The van der Waals surface area contributed by atoms with Crippen LogP contribution in [-0.4, -0.2) is 49.7 Å². The van der Waals surface area contributed by atoms with Crippen molar-refractivity contribution in [1.29, 1.82) is 0 Å². The van der Waals surface area contributed by atoms with Gasteiger partial charge in [-0.05, 0) is 50.6 Å². The van der Waals surface area contributed by atoms with Gasteiger partial charge in [0, 0.05) is 36.3 Å². The van der Waals surface area contributed by atoms with E-state index in [0.717, 1.165) is 62.2 Å². The first-order chi connectivity index (χ1) is 11.6. The van der Waals surface area contributed by atoms with Crippen LogP contribution in [0, 0.1) is 0 Å². The van der Waals surface area contributed by atoms with E-state index in [2.05, 4.69) is 34.7 Å². The van der Waals surface area contributed by atoms with Crippen LogP contribution in [0.15, 0.2) is 28.7 Å². The van der Waals surface area contributed by atoms with Crippen LogP contribution in [-0.2, 0) is 9.53 Å². The first kappa shape index (κ1) is 19.4. The fraction of sp³-hybridized carbons (Fsp3) is 0.632. The van der Waals surface area contributed by atoms with Crippen LogP contribution in [0.3, 0.4) is 0 Å². The number of hydrogen-bond acceptors (Lipinski definition) is 3. The number of anilines is 1. The number of benzene rings is 1. The molecule has 4 nitrogen and oxygen atoms in total. The summed E-state index contributed by atoms with van der Waals surface area (Å²) in [4.78, 5) is 17.1. The average Bonchev–Trinajstić information content (AvgIpc) is 3.10. The third-order valence-corrected chi connectivity index (χ3v) is 5.15. The summed E-state index contributed by atoms with van der Waals surface area (Å²) in [6, 6.07) is 8.00. The number of hydrogen-bond donors (Lipinski definition) is 0. The maximum absolute atomic E-state index is 12.8. The molecule has 1 aliphatic heterocycles. The summed E-state index contributed by atoms with van der Waals surface area (Å²) in [5.74, 6) is 0.191. The lowest BCUT2D eigenvalue weighted by atomic mass is 10.1. The van der Waals surface area contributed by atoms with Gasteiger partial charge < -0.3 is 14.5 Å². The van der Waals surface area contributed by atoms with Crippen LogP contribution in [0.5, 0.6) is 0 Å². The maximum atomic E-state index is 12.8. The molecule has 0 saturated carbocycles. The molecule has 134 valence electrons. The topological polar surface area (TPSA) is 32.8 Å². The maximum Gasteiger partial charge on any atom is 0.227 e. The van der Waals surface area contributed by atoms with Gasteiger partial charge in [0.05, 0.1) is 6.10 Å². The number of nitrogens with zero attached hydrogens (tertiary/aromatic N) is 2. The molecule has 1 unspecified atom stereocenters. The Bertz CT molecular complexity index is 514. The van der Waals surface area contributed by atoms with E-state index in [1.807, 2.05) is 29.2 Å². The molecule has 0 N–H and O–H groups in total. The Morgan fingerprint density at radius 1 is 1.29 bits per heavy atom. The number of likely N-dealkylation sites (N-methyl/N-ethyl adjacent to an activating group) is 1. The Morgan fingerprint density at radius 2 is 2.08 bits per heavy atom. The van der Waals surface area contributed by atoms with Crippen LogP contribution in [0.1, 0.15) is 39.5 Å². The number of amides is 1. The minimum atomic E-state index is 0.191. The monoisotopic (exact) mass is 396 g/mol. The van der Waals surface area contributed by atoms with Crippen LogP contribution in [0.25, 0.3) is 0 Å². The van der Waals surface area contributed by atoms with Gasteiger partial charge in [-0.1, -0.05) is 35.8 Å². The van der Waals surface area contributed by atoms with Crippen LogP contribution in [0.4, 0.5) is 5.69 Å². The minimum Gasteiger partial charge on any atom is -0.378 e. The molecule has 1 heterocycles. The molecule has 0 radical (unpaired) electrons. The molecule has 1 fully saturated rings. The fourth-order valence-electron chi connectivity index (χ4n) is 3.11. The molecule has 0 aliphatic carbocycles. The zero-order valence-electron chi connectivity index (χ0n) is 14.8. The highest BCUT2D eigenvalue weighted by Gasteiger charge is 2.21. The highest BCUT2D eigenvalue weighted by atomic mass is 79.9. The first-order valence-corrected chi connectivity index (χ1v) is 9.83. The third-order valence-electron chi connectivity index (χ3n) is 4.66. The Kier molecular flexibility index (Phi) is 8.22. The second-order valence-electron chi connectivity index (χ2n) is 6.23. The Morgan fingerprint density at radius 3 is 2.71 bits per heavy atom. The van der Waals surface area contributed by atoms with E-state index >= 15 is 0 Å². The van der Waals surface area contributed by atoms with Crippen molar-refractivity contribution in [3.63, 3.8) is 0 Å². The van der Waals surface area contributed by atoms with Gasteiger partial charge >= 0.3 is 0 Å². The van der Waals surface area contributed by atoms with Gasteiger partial charge in [0.1, 0.15) is 0 Å². The largest absolute Gasteiger partial charge is 0.378 e. The highest BCUT2D eigenvalue weighted by molar-refractivity contribution is 9.10. The van der Waals surface area contributed by atoms with Crippen LogP contribution >= 0.6 is 15.9 Å². The Labute approximate surface area is 154 Å². The summed E-state index contributed by atoms with van der Waals surface area (Å²) < 4.78 is 6.65. The van der Waals surface area contributed by atoms with Crippen molar-refractivity contribution in [3.8, 4) is 0 Å². The lowest BCUT2D eigenvalue weighted by Crippen LogP contribution is -2.39. The molecule has 1 aliphatic rings. The van der Waals surface area contributed by atoms with E-state index in [1.54, 1.807) is 0 Å². The minimum absolute atomic E-state index is 0.191. The number of halogens is 1. The second kappa shape index (κ2) is 10.2. The van der Waals surface area contributed by atoms with Crippen molar-refractivity contribution in [3.05, 3.63) is 28.7 Å². The van der Waals surface area contributed by atoms with Crippen LogP contribution < -0.4 is 4.90 Å². The standard InChI is InChI=1S/C19H29BrN2O2/c1-3-21(4-2)12-13-22(17-8-5-7-16(20)15-17)19(23)11-10-18-9-6-14-24-18/h5,7-8,15,18H,3-4,6,9-14H2,1-2H3. The predicted molar refractivity (Wildman–Crippen MR) is 102 cm³/mol. The number of ether oxygens (including phenoxy) is 1. The zero-order valence-corrected chi connectivity index (χ0v) is 16.4. The van der Waals surface area contributed by atoms with E-state index in [0.29, 0.717) is 6.42 Å². The SMILES string of the molecule is CCN(CC)CCN(C(=O)CCC1CCCO1)c1cccc(Br)c1. The predicted octanol–water partition coefficient (Wildman–Crippen LogP) is 4.08. The van der Waals surface area contributed by atoms with Gasteiger partial charge in [-0.3, -0.25) is 4.79 Å². The number of rotatable bonds is 9. The number of carbonyl (C=O) groups is 1. The molecule has 24 heavy (non-hydrogen) atoms. The Balaban J connectivity index is 2.01. The summed E-state index contributed by atoms with van der Waals surface area (Å²) >= 11 is 3.51. The van der Waals surface area contributed by atoms with E-state index in [4.69, 9.17) is 4.74 Å². The summed E-state index contributed by atoms with van der Waals surface area (Å²) in [7, 11) is 0. The molecule has 0 aromatic heterocycles. The van der Waals surface area contributed by atoms with Crippen molar-refractivity contribution in [2.75, 3.05) is 37.7 Å². The lowest BCUT2D eigenvalue weighted by molar-refractivity contribution is -0.119. The van der Waals surface area contributed by atoms with Gasteiger partial charge in [-0.2, -0.15) is 0 Å². The number of carbonyl (C=O) groups excluding carboxylic acids is 1. The quantitative estimate of drug-likeness (QED) is 0.630. The molecule has 0 spiro atoms. The van der Waals surface area contributed by atoms with Crippen LogP contribution in [0.2, 0.25) is 0 Å². The average molecular weight is 397 g/mol. The smallest absolute Gasteiger partial charge is 0.227 e. The molecule has 1 aromatic rings. The molecule has 5 heteroatoms. The second-order valence-corrected chi connectivity index (χ2v) is 7.14. The van der Waals surface area contributed by atoms with Gasteiger partial charge in [0.2, 0.25) is 5.91 Å². The molecule has 1 atom stereocenters. The van der Waals surface area contributed by atoms with Crippen molar-refractivity contribution in [1.82, 2.24) is 4.90 Å². The molecule has 1 aromatic carbocycles. The third kappa shape index (κ3) is 5.87. The van der Waals surface area contributed by atoms with E-state index < -0.39 is 0 Å². The van der Waals surface area contributed by atoms with Crippen molar-refractivity contribution < 1.29 is 9.53 Å². The summed E-state index contributed by atoms with van der Waals surface area (Å²) in [6.07, 6.45) is 3.85. The lowest BCUT2D eigenvalue weighted by Gasteiger charge is -2.27. The van der Waals surface area contributed by atoms with Gasteiger partial charge in [0.15, 0.2) is 0 Å². The van der Waals surface area contributed by atoms with Crippen molar-refractivity contribution in [2.24, 2.45) is 0 Å². The zero-order chi connectivity index (χ0) is 17.4. The van der Waals surface area contributed by atoms with Gasteiger partial charge in [0.25, 0.3) is 0 Å². The molecule has 0 bridgehead atoms. The molecular weight excluding hydrogens is 368 g/mol. The van der Waals surface area contributed by atoms with E-state index in [9.17, 15) is 4.79 Å². The summed E-state index contributed by atoms with van der Waals surface area (Å²) in [5.41, 5.74) is 0.967. The summed E-state index contributed by atoms with van der Waals surface area (Å²) in [5, 5.41) is 0. The fourth-order valence-corrected chi connectivity index (χ4v) is 3.50. The summed E-state index contributed by atoms with van der Waals surface area (Å²) in [6.45, 7) is 8.79. The molecule has 1 saturated heterocycles. The normalized spacial score (nSPS) is 17.4. The molecule has 2 rings (SSSR count).